The standard InChI is InChI=1S/C10H11BrO4/c1-15-9-3-2-6(11)4-7(9)8(12)5-10(13)14/h2-4,8,12H,5H2,1H3,(H,13,14). The summed E-state index contributed by atoms with van der Waals surface area (Å²) < 4.78 is 5.80. The second kappa shape index (κ2) is 5.14. The Morgan fingerprint density at radius 1 is 1.60 bits per heavy atom. The summed E-state index contributed by atoms with van der Waals surface area (Å²) in [5.74, 6) is -0.573. The number of hydrogen-bond donors (Lipinski definition) is 2. The van der Waals surface area contributed by atoms with Gasteiger partial charge in [-0.3, -0.25) is 4.79 Å². The molecule has 0 fully saturated rings. The Morgan fingerprint density at radius 2 is 2.27 bits per heavy atom. The fourth-order valence-corrected chi connectivity index (χ4v) is 1.62. The normalized spacial score (nSPS) is 12.2. The van der Waals surface area contributed by atoms with E-state index in [1.54, 1.807) is 18.2 Å². The van der Waals surface area contributed by atoms with E-state index < -0.39 is 12.1 Å². The lowest BCUT2D eigenvalue weighted by Crippen LogP contribution is -2.06. The van der Waals surface area contributed by atoms with Gasteiger partial charge in [-0.1, -0.05) is 15.9 Å². The van der Waals surface area contributed by atoms with E-state index in [0.717, 1.165) is 4.47 Å². The Hall–Kier alpha value is -1.07. The van der Waals surface area contributed by atoms with Crippen molar-refractivity contribution in [2.75, 3.05) is 7.11 Å². The van der Waals surface area contributed by atoms with Crippen molar-refractivity contribution < 1.29 is 19.7 Å². The first-order valence-corrected chi connectivity index (χ1v) is 5.07. The number of carboxylic acid groups (broad SMARTS) is 1. The Labute approximate surface area is 95.6 Å². The highest BCUT2D eigenvalue weighted by Gasteiger charge is 2.16. The molecule has 0 radical (unpaired) electrons. The summed E-state index contributed by atoms with van der Waals surface area (Å²) in [5.41, 5.74) is 0.467. The maximum absolute atomic E-state index is 10.5. The maximum Gasteiger partial charge on any atom is 0.306 e. The van der Waals surface area contributed by atoms with Gasteiger partial charge >= 0.3 is 5.97 Å². The second-order valence-corrected chi connectivity index (χ2v) is 3.92. The highest BCUT2D eigenvalue weighted by atomic mass is 79.9. The molecule has 0 spiro atoms. The van der Waals surface area contributed by atoms with Gasteiger partial charge in [0.2, 0.25) is 0 Å². The second-order valence-electron chi connectivity index (χ2n) is 3.00. The lowest BCUT2D eigenvalue weighted by atomic mass is 10.1. The SMILES string of the molecule is COc1ccc(Br)cc1C(O)CC(=O)O. The third-order valence-corrected chi connectivity index (χ3v) is 2.41. The van der Waals surface area contributed by atoms with Gasteiger partial charge in [-0.15, -0.1) is 0 Å². The largest absolute Gasteiger partial charge is 0.496 e. The molecule has 5 heteroatoms. The van der Waals surface area contributed by atoms with Crippen molar-refractivity contribution in [1.29, 1.82) is 0 Å². The van der Waals surface area contributed by atoms with Crippen LogP contribution in [-0.2, 0) is 4.79 Å². The molecule has 1 unspecified atom stereocenters. The van der Waals surface area contributed by atoms with Gasteiger partial charge in [-0.05, 0) is 18.2 Å². The van der Waals surface area contributed by atoms with E-state index in [-0.39, 0.29) is 6.42 Å². The minimum atomic E-state index is -1.06. The molecule has 4 nitrogen and oxygen atoms in total. The van der Waals surface area contributed by atoms with Crippen LogP contribution in [0.1, 0.15) is 18.1 Å². The number of aliphatic carboxylic acids is 1. The van der Waals surface area contributed by atoms with Gasteiger partial charge in [0.1, 0.15) is 5.75 Å². The molecule has 0 aliphatic rings. The number of carbonyl (C=O) groups is 1. The van der Waals surface area contributed by atoms with Gasteiger partial charge in [0.15, 0.2) is 0 Å². The predicted molar refractivity (Wildman–Crippen MR) is 57.9 cm³/mol. The first-order valence-electron chi connectivity index (χ1n) is 4.28. The van der Waals surface area contributed by atoms with Gasteiger partial charge in [0.25, 0.3) is 0 Å². The van der Waals surface area contributed by atoms with Gasteiger partial charge in [0, 0.05) is 10.0 Å². The van der Waals surface area contributed by atoms with Gasteiger partial charge in [-0.2, -0.15) is 0 Å². The van der Waals surface area contributed by atoms with Crippen LogP contribution in [0.4, 0.5) is 0 Å². The summed E-state index contributed by atoms with van der Waals surface area (Å²) in [7, 11) is 1.47. The van der Waals surface area contributed by atoms with Crippen LogP contribution in [0.5, 0.6) is 5.75 Å². The molecule has 0 aromatic heterocycles. The number of hydrogen-bond acceptors (Lipinski definition) is 3. The van der Waals surface area contributed by atoms with Crippen molar-refractivity contribution in [2.24, 2.45) is 0 Å². The Kier molecular flexibility index (Phi) is 4.11. The molecule has 0 amide bonds. The van der Waals surface area contributed by atoms with Crippen LogP contribution in [0.2, 0.25) is 0 Å². The van der Waals surface area contributed by atoms with Crippen molar-refractivity contribution in [2.45, 2.75) is 12.5 Å². The summed E-state index contributed by atoms with van der Waals surface area (Å²) in [4.78, 5) is 10.5. The molecule has 0 saturated carbocycles. The minimum absolute atomic E-state index is 0.340. The van der Waals surface area contributed by atoms with Crippen LogP contribution in [0.15, 0.2) is 22.7 Å². The average molecular weight is 275 g/mol. The number of methoxy groups -OCH3 is 1. The van der Waals surface area contributed by atoms with Gasteiger partial charge in [0.05, 0.1) is 19.6 Å². The zero-order valence-electron chi connectivity index (χ0n) is 8.11. The molecule has 1 aromatic rings. The molecular formula is C10H11BrO4. The zero-order valence-corrected chi connectivity index (χ0v) is 9.69. The summed E-state index contributed by atoms with van der Waals surface area (Å²) in [5, 5.41) is 18.2. The van der Waals surface area contributed by atoms with E-state index in [2.05, 4.69) is 15.9 Å². The summed E-state index contributed by atoms with van der Waals surface area (Å²) in [6.45, 7) is 0. The van der Waals surface area contributed by atoms with Crippen LogP contribution in [0, 0.1) is 0 Å². The van der Waals surface area contributed by atoms with Crippen molar-refractivity contribution in [3.8, 4) is 5.75 Å². The van der Waals surface area contributed by atoms with E-state index >= 15 is 0 Å². The number of carboxylic acids is 1. The Bertz CT molecular complexity index is 364. The predicted octanol–water partition coefficient (Wildman–Crippen LogP) is 1.97. The first-order chi connectivity index (χ1) is 7.04. The minimum Gasteiger partial charge on any atom is -0.496 e. The lowest BCUT2D eigenvalue weighted by Gasteiger charge is -2.13. The van der Waals surface area contributed by atoms with E-state index in [9.17, 15) is 9.90 Å². The van der Waals surface area contributed by atoms with Crippen molar-refractivity contribution >= 4 is 21.9 Å². The number of benzene rings is 1. The van der Waals surface area contributed by atoms with Crippen LogP contribution < -0.4 is 4.74 Å². The van der Waals surface area contributed by atoms with Gasteiger partial charge < -0.3 is 14.9 Å². The van der Waals surface area contributed by atoms with E-state index in [0.29, 0.717) is 11.3 Å². The average Bonchev–Trinajstić information content (AvgIpc) is 2.16. The zero-order chi connectivity index (χ0) is 11.4. The van der Waals surface area contributed by atoms with Crippen molar-refractivity contribution in [1.82, 2.24) is 0 Å². The monoisotopic (exact) mass is 274 g/mol. The van der Waals surface area contributed by atoms with E-state index in [4.69, 9.17) is 9.84 Å². The van der Waals surface area contributed by atoms with Crippen LogP contribution >= 0.6 is 15.9 Å². The molecule has 0 saturated heterocycles. The highest BCUT2D eigenvalue weighted by molar-refractivity contribution is 9.10. The van der Waals surface area contributed by atoms with E-state index in [1.165, 1.54) is 7.11 Å². The topological polar surface area (TPSA) is 66.8 Å². The molecule has 1 aromatic carbocycles. The molecule has 1 rings (SSSR count). The van der Waals surface area contributed by atoms with Crippen molar-refractivity contribution in [3.63, 3.8) is 0 Å². The van der Waals surface area contributed by atoms with Crippen LogP contribution in [0.3, 0.4) is 0 Å². The number of ether oxygens (including phenoxy) is 1. The smallest absolute Gasteiger partial charge is 0.306 e. The molecule has 0 heterocycles. The number of aliphatic hydroxyl groups is 1. The molecule has 0 aliphatic carbocycles. The first kappa shape index (κ1) is 12.0. The van der Waals surface area contributed by atoms with Gasteiger partial charge in [-0.25, -0.2) is 0 Å². The highest BCUT2D eigenvalue weighted by Crippen LogP contribution is 2.29. The third kappa shape index (κ3) is 3.21. The molecular weight excluding hydrogens is 264 g/mol. The number of rotatable bonds is 4. The Balaban J connectivity index is 2.99. The summed E-state index contributed by atoms with van der Waals surface area (Å²) >= 11 is 3.25. The maximum atomic E-state index is 10.5. The quantitative estimate of drug-likeness (QED) is 0.881. The molecule has 0 bridgehead atoms. The lowest BCUT2D eigenvalue weighted by molar-refractivity contribution is -0.139. The summed E-state index contributed by atoms with van der Waals surface area (Å²) in [6, 6.07) is 5.08. The molecule has 15 heavy (non-hydrogen) atoms. The van der Waals surface area contributed by atoms with E-state index in [1.807, 2.05) is 0 Å². The molecule has 1 atom stereocenters. The summed E-state index contributed by atoms with van der Waals surface area (Å²) in [6.07, 6.45) is -1.40. The number of aliphatic hydroxyl groups excluding tert-OH is 1. The fourth-order valence-electron chi connectivity index (χ4n) is 1.24. The Morgan fingerprint density at radius 3 is 2.80 bits per heavy atom. The molecule has 82 valence electrons. The van der Waals surface area contributed by atoms with Crippen LogP contribution in [0.25, 0.3) is 0 Å². The van der Waals surface area contributed by atoms with Crippen LogP contribution in [-0.4, -0.2) is 23.3 Å². The fraction of sp³-hybridized carbons (Fsp3) is 0.300. The number of halogens is 1. The van der Waals surface area contributed by atoms with Crippen molar-refractivity contribution in [3.05, 3.63) is 28.2 Å². The third-order valence-electron chi connectivity index (χ3n) is 1.92. The molecule has 0 aliphatic heterocycles. The molecule has 2 N–H and O–H groups in total.